The standard InChI is InChI=1S/C18H11N3O3/c19-10-13-6-4-12(5-7-13)8-15(11-20)17(22)21-16-3-1-2-14(9-16)18(23)24/h1-9H,(H,21,22)(H,23,24). The van der Waals surface area contributed by atoms with E-state index >= 15 is 0 Å². The number of nitriles is 2. The van der Waals surface area contributed by atoms with E-state index in [0.717, 1.165) is 0 Å². The zero-order chi connectivity index (χ0) is 17.5. The minimum atomic E-state index is -1.11. The second-order valence-corrected chi connectivity index (χ2v) is 4.74. The molecule has 0 aliphatic carbocycles. The summed E-state index contributed by atoms with van der Waals surface area (Å²) in [5.41, 5.74) is 1.24. The molecular weight excluding hydrogens is 306 g/mol. The Labute approximate surface area is 137 Å². The van der Waals surface area contributed by atoms with Crippen molar-refractivity contribution in [3.05, 3.63) is 70.8 Å². The molecule has 116 valence electrons. The molecule has 0 saturated heterocycles. The summed E-state index contributed by atoms with van der Waals surface area (Å²) < 4.78 is 0. The molecule has 0 bridgehead atoms. The average Bonchev–Trinajstić information content (AvgIpc) is 2.60. The lowest BCUT2D eigenvalue weighted by Crippen LogP contribution is -2.13. The highest BCUT2D eigenvalue weighted by Gasteiger charge is 2.11. The molecular formula is C18H11N3O3. The molecule has 0 fully saturated rings. The Morgan fingerprint density at radius 1 is 1.08 bits per heavy atom. The predicted molar refractivity (Wildman–Crippen MR) is 86.8 cm³/mol. The molecule has 24 heavy (non-hydrogen) atoms. The van der Waals surface area contributed by atoms with Gasteiger partial charge in [-0.15, -0.1) is 0 Å². The molecule has 0 heterocycles. The normalized spacial score (nSPS) is 10.3. The minimum Gasteiger partial charge on any atom is -0.478 e. The fourth-order valence-electron chi connectivity index (χ4n) is 1.90. The Balaban J connectivity index is 2.21. The van der Waals surface area contributed by atoms with Crippen LogP contribution in [0.15, 0.2) is 54.1 Å². The van der Waals surface area contributed by atoms with Gasteiger partial charge in [-0.05, 0) is 42.0 Å². The molecule has 0 unspecified atom stereocenters. The molecule has 0 aliphatic rings. The molecule has 1 amide bonds. The van der Waals surface area contributed by atoms with Crippen LogP contribution in [0.1, 0.15) is 21.5 Å². The van der Waals surface area contributed by atoms with E-state index in [0.29, 0.717) is 11.1 Å². The van der Waals surface area contributed by atoms with Gasteiger partial charge in [-0.2, -0.15) is 10.5 Å². The summed E-state index contributed by atoms with van der Waals surface area (Å²) in [5, 5.41) is 29.3. The van der Waals surface area contributed by atoms with Crippen molar-refractivity contribution in [2.45, 2.75) is 0 Å². The van der Waals surface area contributed by atoms with Gasteiger partial charge >= 0.3 is 5.97 Å². The Kier molecular flexibility index (Phi) is 5.07. The second-order valence-electron chi connectivity index (χ2n) is 4.74. The number of benzene rings is 2. The maximum Gasteiger partial charge on any atom is 0.335 e. The molecule has 0 aromatic heterocycles. The van der Waals surface area contributed by atoms with Crippen molar-refractivity contribution in [3.63, 3.8) is 0 Å². The lowest BCUT2D eigenvalue weighted by atomic mass is 10.1. The molecule has 2 aromatic carbocycles. The van der Waals surface area contributed by atoms with Crippen molar-refractivity contribution in [1.82, 2.24) is 0 Å². The van der Waals surface area contributed by atoms with Crippen LogP contribution in [0, 0.1) is 22.7 Å². The molecule has 2 N–H and O–H groups in total. The van der Waals surface area contributed by atoms with Gasteiger partial charge in [-0.1, -0.05) is 18.2 Å². The number of carbonyl (C=O) groups is 2. The largest absolute Gasteiger partial charge is 0.478 e. The van der Waals surface area contributed by atoms with Gasteiger partial charge in [0.2, 0.25) is 0 Å². The third-order valence-electron chi connectivity index (χ3n) is 3.08. The first-order chi connectivity index (χ1) is 11.5. The zero-order valence-electron chi connectivity index (χ0n) is 12.4. The molecule has 0 atom stereocenters. The van der Waals surface area contributed by atoms with Gasteiger partial charge in [0, 0.05) is 5.69 Å². The fourth-order valence-corrected chi connectivity index (χ4v) is 1.90. The molecule has 0 saturated carbocycles. The summed E-state index contributed by atoms with van der Waals surface area (Å²) in [4.78, 5) is 23.1. The van der Waals surface area contributed by atoms with Crippen molar-refractivity contribution in [3.8, 4) is 12.1 Å². The summed E-state index contributed by atoms with van der Waals surface area (Å²) in [5.74, 6) is -1.76. The lowest BCUT2D eigenvalue weighted by molar-refractivity contribution is -0.112. The van der Waals surface area contributed by atoms with Gasteiger partial charge in [0.25, 0.3) is 5.91 Å². The highest BCUT2D eigenvalue weighted by molar-refractivity contribution is 6.10. The van der Waals surface area contributed by atoms with Crippen LogP contribution in [0.25, 0.3) is 6.08 Å². The number of aromatic carboxylic acids is 1. The first-order valence-corrected chi connectivity index (χ1v) is 6.80. The van der Waals surface area contributed by atoms with Gasteiger partial charge in [0.05, 0.1) is 17.2 Å². The van der Waals surface area contributed by atoms with E-state index < -0.39 is 11.9 Å². The number of hydrogen-bond acceptors (Lipinski definition) is 4. The van der Waals surface area contributed by atoms with E-state index in [4.69, 9.17) is 15.6 Å². The fraction of sp³-hybridized carbons (Fsp3) is 0. The number of nitrogens with one attached hydrogen (secondary N) is 1. The first kappa shape index (κ1) is 16.5. The van der Waals surface area contributed by atoms with Crippen LogP contribution in [0.5, 0.6) is 0 Å². The van der Waals surface area contributed by atoms with E-state index in [1.165, 1.54) is 30.3 Å². The highest BCUT2D eigenvalue weighted by Crippen LogP contribution is 2.14. The van der Waals surface area contributed by atoms with E-state index in [2.05, 4.69) is 5.32 Å². The number of anilines is 1. The van der Waals surface area contributed by atoms with Crippen LogP contribution < -0.4 is 5.32 Å². The van der Waals surface area contributed by atoms with E-state index in [1.807, 2.05) is 6.07 Å². The highest BCUT2D eigenvalue weighted by atomic mass is 16.4. The van der Waals surface area contributed by atoms with Gasteiger partial charge in [-0.3, -0.25) is 4.79 Å². The van der Waals surface area contributed by atoms with Crippen LogP contribution >= 0.6 is 0 Å². The maximum absolute atomic E-state index is 12.2. The topological polar surface area (TPSA) is 114 Å². The molecule has 0 aliphatic heterocycles. The van der Waals surface area contributed by atoms with Crippen molar-refractivity contribution >= 4 is 23.6 Å². The summed E-state index contributed by atoms with van der Waals surface area (Å²) in [7, 11) is 0. The van der Waals surface area contributed by atoms with E-state index in [9.17, 15) is 9.59 Å². The van der Waals surface area contributed by atoms with Crippen molar-refractivity contribution < 1.29 is 14.7 Å². The molecule has 0 spiro atoms. The third-order valence-corrected chi connectivity index (χ3v) is 3.08. The predicted octanol–water partition coefficient (Wildman–Crippen LogP) is 2.80. The second kappa shape index (κ2) is 7.39. The summed E-state index contributed by atoms with van der Waals surface area (Å²) >= 11 is 0. The molecule has 2 rings (SSSR count). The van der Waals surface area contributed by atoms with Crippen LogP contribution in [-0.2, 0) is 4.79 Å². The first-order valence-electron chi connectivity index (χ1n) is 6.80. The van der Waals surface area contributed by atoms with Crippen molar-refractivity contribution in [2.75, 3.05) is 5.32 Å². The number of carboxylic acid groups (broad SMARTS) is 1. The molecule has 6 heteroatoms. The van der Waals surface area contributed by atoms with Crippen LogP contribution in [0.3, 0.4) is 0 Å². The van der Waals surface area contributed by atoms with Crippen molar-refractivity contribution in [2.24, 2.45) is 0 Å². The number of amides is 1. The number of carbonyl (C=O) groups excluding carboxylic acids is 1. The van der Waals surface area contributed by atoms with Gasteiger partial charge in [0.1, 0.15) is 11.6 Å². The SMILES string of the molecule is N#CC(=Cc1ccc(C#N)cc1)C(=O)Nc1cccc(C(=O)O)c1. The number of rotatable bonds is 4. The Morgan fingerprint density at radius 3 is 2.38 bits per heavy atom. The van der Waals surface area contributed by atoms with Gasteiger partial charge in [0.15, 0.2) is 0 Å². The Hall–Kier alpha value is -3.90. The smallest absolute Gasteiger partial charge is 0.335 e. The monoisotopic (exact) mass is 317 g/mol. The lowest BCUT2D eigenvalue weighted by Gasteiger charge is -2.05. The molecule has 0 radical (unpaired) electrons. The Morgan fingerprint density at radius 2 is 1.79 bits per heavy atom. The van der Waals surface area contributed by atoms with Crippen LogP contribution in [0.2, 0.25) is 0 Å². The number of nitrogens with zero attached hydrogens (tertiary/aromatic N) is 2. The van der Waals surface area contributed by atoms with Crippen LogP contribution in [-0.4, -0.2) is 17.0 Å². The minimum absolute atomic E-state index is 0.0300. The van der Waals surface area contributed by atoms with Crippen molar-refractivity contribution in [1.29, 1.82) is 10.5 Å². The van der Waals surface area contributed by atoms with Crippen LogP contribution in [0.4, 0.5) is 5.69 Å². The number of carboxylic acids is 1. The quantitative estimate of drug-likeness (QED) is 0.664. The van der Waals surface area contributed by atoms with E-state index in [1.54, 1.807) is 30.3 Å². The van der Waals surface area contributed by atoms with Gasteiger partial charge < -0.3 is 10.4 Å². The van der Waals surface area contributed by atoms with E-state index in [-0.39, 0.29) is 16.8 Å². The summed E-state index contributed by atoms with van der Waals surface area (Å²) in [6.07, 6.45) is 1.39. The number of hydrogen-bond donors (Lipinski definition) is 2. The molecule has 6 nitrogen and oxygen atoms in total. The summed E-state index contributed by atoms with van der Waals surface area (Å²) in [6, 6.07) is 15.9. The molecule has 2 aromatic rings. The summed E-state index contributed by atoms with van der Waals surface area (Å²) in [6.45, 7) is 0. The average molecular weight is 317 g/mol. The maximum atomic E-state index is 12.2. The Bertz CT molecular complexity index is 900. The third kappa shape index (κ3) is 4.06. The zero-order valence-corrected chi connectivity index (χ0v) is 12.4. The van der Waals surface area contributed by atoms with Gasteiger partial charge in [-0.25, -0.2) is 4.79 Å².